The van der Waals surface area contributed by atoms with E-state index in [0.717, 1.165) is 0 Å². The summed E-state index contributed by atoms with van der Waals surface area (Å²) in [6, 6.07) is 11.9. The molecule has 0 fully saturated rings. The highest BCUT2D eigenvalue weighted by molar-refractivity contribution is 6.15. The van der Waals surface area contributed by atoms with Crippen molar-refractivity contribution in [3.8, 4) is 5.75 Å². The van der Waals surface area contributed by atoms with Crippen LogP contribution in [-0.4, -0.2) is 16.8 Å². The van der Waals surface area contributed by atoms with Crippen molar-refractivity contribution in [3.05, 3.63) is 64.2 Å². The van der Waals surface area contributed by atoms with Gasteiger partial charge in [-0.25, -0.2) is 0 Å². The van der Waals surface area contributed by atoms with Gasteiger partial charge in [0, 0.05) is 17.8 Å². The third-order valence-electron chi connectivity index (χ3n) is 3.29. The lowest BCUT2D eigenvalue weighted by molar-refractivity contribution is -0.384. The number of hydrogen-bond acceptors (Lipinski definition) is 5. The van der Waals surface area contributed by atoms with Crippen LogP contribution in [0.25, 0.3) is 0 Å². The van der Waals surface area contributed by atoms with Crippen LogP contribution in [0.5, 0.6) is 5.75 Å². The smallest absolute Gasteiger partial charge is 0.328 e. The SMILES string of the molecule is O=C1Nc2ccccc2C1C(=O)Oc1ccc([N+](=O)[O-])cc1. The molecule has 0 radical (unpaired) electrons. The summed E-state index contributed by atoms with van der Waals surface area (Å²) in [5, 5.41) is 13.2. The Morgan fingerprint density at radius 3 is 2.50 bits per heavy atom. The maximum absolute atomic E-state index is 12.2. The Bertz CT molecular complexity index is 770. The third-order valence-corrected chi connectivity index (χ3v) is 3.29. The fourth-order valence-electron chi connectivity index (χ4n) is 2.25. The molecule has 0 aromatic heterocycles. The minimum atomic E-state index is -1.04. The highest BCUT2D eigenvalue weighted by Gasteiger charge is 2.37. The lowest BCUT2D eigenvalue weighted by Crippen LogP contribution is -2.25. The van der Waals surface area contributed by atoms with Gasteiger partial charge in [0.1, 0.15) is 5.75 Å². The number of amides is 1. The molecule has 0 aliphatic carbocycles. The molecule has 1 aliphatic rings. The highest BCUT2D eigenvalue weighted by atomic mass is 16.6. The number of non-ortho nitro benzene ring substituents is 1. The summed E-state index contributed by atoms with van der Waals surface area (Å²) in [4.78, 5) is 34.1. The van der Waals surface area contributed by atoms with Gasteiger partial charge in [-0.2, -0.15) is 0 Å². The van der Waals surface area contributed by atoms with Gasteiger partial charge in [0.2, 0.25) is 5.91 Å². The van der Waals surface area contributed by atoms with Gasteiger partial charge in [-0.3, -0.25) is 19.7 Å². The molecule has 1 aliphatic heterocycles. The molecule has 2 aromatic rings. The molecule has 1 atom stereocenters. The monoisotopic (exact) mass is 298 g/mol. The maximum atomic E-state index is 12.2. The molecule has 7 heteroatoms. The first-order valence-corrected chi connectivity index (χ1v) is 6.42. The van der Waals surface area contributed by atoms with Crippen molar-refractivity contribution >= 4 is 23.3 Å². The summed E-state index contributed by atoms with van der Waals surface area (Å²) >= 11 is 0. The highest BCUT2D eigenvalue weighted by Crippen LogP contribution is 2.33. The second-order valence-electron chi connectivity index (χ2n) is 4.68. The van der Waals surface area contributed by atoms with Crippen molar-refractivity contribution in [2.24, 2.45) is 0 Å². The van der Waals surface area contributed by atoms with E-state index in [0.29, 0.717) is 11.3 Å². The molecule has 3 rings (SSSR count). The van der Waals surface area contributed by atoms with Gasteiger partial charge in [0.25, 0.3) is 5.69 Å². The lowest BCUT2D eigenvalue weighted by atomic mass is 10.0. The van der Waals surface area contributed by atoms with E-state index in [1.807, 2.05) is 0 Å². The number of ether oxygens (including phenoxy) is 1. The molecule has 7 nitrogen and oxygen atoms in total. The number of nitro benzene ring substituents is 1. The number of nitrogens with one attached hydrogen (secondary N) is 1. The van der Waals surface area contributed by atoms with E-state index in [1.54, 1.807) is 24.3 Å². The van der Waals surface area contributed by atoms with Crippen molar-refractivity contribution in [1.29, 1.82) is 0 Å². The topological polar surface area (TPSA) is 98.5 Å². The van der Waals surface area contributed by atoms with Gasteiger partial charge >= 0.3 is 5.97 Å². The van der Waals surface area contributed by atoms with E-state index in [9.17, 15) is 19.7 Å². The fourth-order valence-corrected chi connectivity index (χ4v) is 2.25. The number of fused-ring (bicyclic) bond motifs is 1. The first kappa shape index (κ1) is 13.7. The molecule has 1 unspecified atom stereocenters. The average molecular weight is 298 g/mol. The number of nitro groups is 1. The second-order valence-corrected chi connectivity index (χ2v) is 4.68. The Hall–Kier alpha value is -3.22. The fraction of sp³-hybridized carbons (Fsp3) is 0.0667. The van der Waals surface area contributed by atoms with Crippen molar-refractivity contribution in [1.82, 2.24) is 0 Å². The molecule has 0 spiro atoms. The van der Waals surface area contributed by atoms with E-state index in [-0.39, 0.29) is 11.4 Å². The van der Waals surface area contributed by atoms with Crippen molar-refractivity contribution in [3.63, 3.8) is 0 Å². The van der Waals surface area contributed by atoms with Crippen LogP contribution >= 0.6 is 0 Å². The standard InChI is InChI=1S/C15H10N2O5/c18-14-13(11-3-1-2-4-12(11)16-14)15(19)22-10-7-5-9(6-8-10)17(20)21/h1-8,13H,(H,16,18). The van der Waals surface area contributed by atoms with Gasteiger partial charge in [-0.15, -0.1) is 0 Å². The molecule has 1 N–H and O–H groups in total. The number of carbonyl (C=O) groups is 2. The minimum absolute atomic E-state index is 0.108. The zero-order valence-corrected chi connectivity index (χ0v) is 11.2. The van der Waals surface area contributed by atoms with Gasteiger partial charge in [0.05, 0.1) is 4.92 Å². The first-order valence-electron chi connectivity index (χ1n) is 6.42. The van der Waals surface area contributed by atoms with E-state index in [2.05, 4.69) is 5.32 Å². The average Bonchev–Trinajstić information content (AvgIpc) is 2.83. The summed E-state index contributed by atoms with van der Waals surface area (Å²) in [6.45, 7) is 0. The second kappa shape index (κ2) is 5.28. The molecular weight excluding hydrogens is 288 g/mol. The van der Waals surface area contributed by atoms with Crippen molar-refractivity contribution < 1.29 is 19.2 Å². The van der Waals surface area contributed by atoms with Gasteiger partial charge in [0.15, 0.2) is 5.92 Å². The molecule has 1 heterocycles. The van der Waals surface area contributed by atoms with Crippen LogP contribution in [0.15, 0.2) is 48.5 Å². The quantitative estimate of drug-likeness (QED) is 0.308. The van der Waals surface area contributed by atoms with Gasteiger partial charge in [-0.1, -0.05) is 18.2 Å². The van der Waals surface area contributed by atoms with Crippen LogP contribution < -0.4 is 10.1 Å². The third kappa shape index (κ3) is 2.39. The predicted octanol–water partition coefficient (Wildman–Crippen LogP) is 2.24. The minimum Gasteiger partial charge on any atom is -0.426 e. The van der Waals surface area contributed by atoms with Crippen LogP contribution in [0.3, 0.4) is 0 Å². The molecule has 0 saturated carbocycles. The Morgan fingerprint density at radius 1 is 1.14 bits per heavy atom. The van der Waals surface area contributed by atoms with Gasteiger partial charge < -0.3 is 10.1 Å². The number of benzene rings is 2. The van der Waals surface area contributed by atoms with E-state index in [1.165, 1.54) is 24.3 Å². The van der Waals surface area contributed by atoms with Crippen LogP contribution in [0.2, 0.25) is 0 Å². The normalized spacial score (nSPS) is 15.8. The van der Waals surface area contributed by atoms with E-state index >= 15 is 0 Å². The number of nitrogens with zero attached hydrogens (tertiary/aromatic N) is 1. The number of carbonyl (C=O) groups excluding carboxylic acids is 2. The number of esters is 1. The predicted molar refractivity (Wildman–Crippen MR) is 76.5 cm³/mol. The Morgan fingerprint density at radius 2 is 1.82 bits per heavy atom. The first-order chi connectivity index (χ1) is 10.6. The number of hydrogen-bond donors (Lipinski definition) is 1. The zero-order chi connectivity index (χ0) is 15.7. The molecule has 1 amide bonds. The molecule has 0 saturated heterocycles. The summed E-state index contributed by atoms with van der Waals surface area (Å²) in [5.41, 5.74) is 1.03. The molecule has 22 heavy (non-hydrogen) atoms. The summed E-state index contributed by atoms with van der Waals surface area (Å²) in [6.07, 6.45) is 0. The molecule has 0 bridgehead atoms. The van der Waals surface area contributed by atoms with Gasteiger partial charge in [-0.05, 0) is 23.8 Å². The summed E-state index contributed by atoms with van der Waals surface area (Å²) in [7, 11) is 0. The Balaban J connectivity index is 1.80. The number of rotatable bonds is 3. The van der Waals surface area contributed by atoms with Crippen LogP contribution in [0.1, 0.15) is 11.5 Å². The zero-order valence-electron chi connectivity index (χ0n) is 11.2. The van der Waals surface area contributed by atoms with Crippen molar-refractivity contribution in [2.45, 2.75) is 5.92 Å². The molecule has 110 valence electrons. The summed E-state index contributed by atoms with van der Waals surface area (Å²) < 4.78 is 5.14. The van der Waals surface area contributed by atoms with E-state index < -0.39 is 22.7 Å². The van der Waals surface area contributed by atoms with Crippen LogP contribution in [-0.2, 0) is 9.59 Å². The Labute approximate surface area is 124 Å². The van der Waals surface area contributed by atoms with Crippen LogP contribution in [0.4, 0.5) is 11.4 Å². The van der Waals surface area contributed by atoms with Crippen molar-refractivity contribution in [2.75, 3.05) is 5.32 Å². The summed E-state index contributed by atoms with van der Waals surface area (Å²) in [5.74, 6) is -2.07. The maximum Gasteiger partial charge on any atom is 0.328 e. The molecule has 2 aromatic carbocycles. The lowest BCUT2D eigenvalue weighted by Gasteiger charge is -2.08. The number of anilines is 1. The largest absolute Gasteiger partial charge is 0.426 e. The Kier molecular flexibility index (Phi) is 3.30. The molecular formula is C15H10N2O5. The van der Waals surface area contributed by atoms with E-state index in [4.69, 9.17) is 4.74 Å². The number of para-hydroxylation sites is 1. The van der Waals surface area contributed by atoms with Crippen LogP contribution in [0, 0.1) is 10.1 Å².